The van der Waals surface area contributed by atoms with Gasteiger partial charge in [0.2, 0.25) is 0 Å². The van der Waals surface area contributed by atoms with Crippen molar-refractivity contribution >= 4 is 11.7 Å². The summed E-state index contributed by atoms with van der Waals surface area (Å²) in [4.78, 5) is 12.0. The highest BCUT2D eigenvalue weighted by molar-refractivity contribution is 5.93. The second-order valence-electron chi connectivity index (χ2n) is 5.62. The lowest BCUT2D eigenvalue weighted by atomic mass is 10.0. The molecule has 1 aliphatic heterocycles. The van der Waals surface area contributed by atoms with Crippen molar-refractivity contribution in [1.82, 2.24) is 15.1 Å². The van der Waals surface area contributed by atoms with E-state index in [1.807, 2.05) is 6.92 Å². The molecule has 2 N–H and O–H groups in total. The Morgan fingerprint density at radius 3 is 2.96 bits per heavy atom. The standard InChI is InChI=1S/C15H17F3N4O2/c1-2-5-19-14(23)10-8-13-20-9(11-4-3-6-24-11)7-12(15(16,17)18)22(13)21-10/h3-4,6,8-9,12,20H,2,5,7H2,1H3,(H,19,23)/t9-,12+/m0/s1. The Hall–Kier alpha value is -2.45. The van der Waals surface area contributed by atoms with Gasteiger partial charge < -0.3 is 15.1 Å². The number of carbonyl (C=O) groups is 1. The Balaban J connectivity index is 1.93. The molecule has 130 valence electrons. The zero-order chi connectivity index (χ0) is 17.3. The van der Waals surface area contributed by atoms with Crippen LogP contribution in [0.1, 0.15) is 48.1 Å². The Morgan fingerprint density at radius 1 is 1.54 bits per heavy atom. The fourth-order valence-electron chi connectivity index (χ4n) is 2.69. The van der Waals surface area contributed by atoms with E-state index in [1.54, 1.807) is 12.1 Å². The maximum Gasteiger partial charge on any atom is 0.410 e. The molecule has 3 rings (SSSR count). The van der Waals surface area contributed by atoms with Crippen LogP contribution >= 0.6 is 0 Å². The van der Waals surface area contributed by atoms with Crippen molar-refractivity contribution in [3.05, 3.63) is 35.9 Å². The van der Waals surface area contributed by atoms with Gasteiger partial charge in [0.15, 0.2) is 11.7 Å². The van der Waals surface area contributed by atoms with Crippen LogP contribution in [0.15, 0.2) is 28.9 Å². The molecular weight excluding hydrogens is 325 g/mol. The number of amides is 1. The van der Waals surface area contributed by atoms with Crippen LogP contribution in [0.2, 0.25) is 0 Å². The van der Waals surface area contributed by atoms with Crippen LogP contribution in [0.3, 0.4) is 0 Å². The number of halogens is 3. The number of hydrogen-bond acceptors (Lipinski definition) is 4. The zero-order valence-corrected chi connectivity index (χ0v) is 12.9. The van der Waals surface area contributed by atoms with E-state index in [2.05, 4.69) is 15.7 Å². The average Bonchev–Trinajstić information content (AvgIpc) is 3.19. The molecule has 0 saturated heterocycles. The van der Waals surface area contributed by atoms with Gasteiger partial charge in [0, 0.05) is 19.0 Å². The lowest BCUT2D eigenvalue weighted by molar-refractivity contribution is -0.174. The predicted octanol–water partition coefficient (Wildman–Crippen LogP) is 3.28. The summed E-state index contributed by atoms with van der Waals surface area (Å²) in [6.45, 7) is 2.32. The fraction of sp³-hybridized carbons (Fsp3) is 0.467. The van der Waals surface area contributed by atoms with Gasteiger partial charge >= 0.3 is 6.18 Å². The molecule has 9 heteroatoms. The van der Waals surface area contributed by atoms with Gasteiger partial charge in [-0.25, -0.2) is 4.68 Å². The molecule has 0 saturated carbocycles. The largest absolute Gasteiger partial charge is 0.467 e. The van der Waals surface area contributed by atoms with Gasteiger partial charge in [-0.2, -0.15) is 18.3 Å². The maximum absolute atomic E-state index is 13.4. The van der Waals surface area contributed by atoms with Crippen LogP contribution < -0.4 is 10.6 Å². The number of hydrogen-bond donors (Lipinski definition) is 2. The third-order valence-electron chi connectivity index (χ3n) is 3.84. The van der Waals surface area contributed by atoms with Crippen molar-refractivity contribution in [3.8, 4) is 0 Å². The number of furan rings is 1. The molecule has 0 unspecified atom stereocenters. The van der Waals surface area contributed by atoms with Gasteiger partial charge in [0.05, 0.1) is 12.3 Å². The van der Waals surface area contributed by atoms with Gasteiger partial charge in [-0.15, -0.1) is 0 Å². The summed E-state index contributed by atoms with van der Waals surface area (Å²) in [6.07, 6.45) is -2.61. The lowest BCUT2D eigenvalue weighted by Gasteiger charge is -2.32. The smallest absolute Gasteiger partial charge is 0.410 e. The van der Waals surface area contributed by atoms with Crippen LogP contribution in [-0.2, 0) is 0 Å². The molecule has 6 nitrogen and oxygen atoms in total. The van der Waals surface area contributed by atoms with E-state index in [9.17, 15) is 18.0 Å². The summed E-state index contributed by atoms with van der Waals surface area (Å²) in [5, 5.41) is 9.43. The van der Waals surface area contributed by atoms with E-state index in [0.717, 1.165) is 11.1 Å². The molecule has 2 aromatic rings. The molecule has 1 amide bonds. The Bertz CT molecular complexity index is 709. The number of anilines is 1. The highest BCUT2D eigenvalue weighted by Gasteiger charge is 2.47. The molecule has 0 bridgehead atoms. The Morgan fingerprint density at radius 2 is 2.33 bits per heavy atom. The van der Waals surface area contributed by atoms with E-state index in [0.29, 0.717) is 12.3 Å². The molecular formula is C15H17F3N4O2. The maximum atomic E-state index is 13.4. The highest BCUT2D eigenvalue weighted by atomic mass is 19.4. The number of rotatable bonds is 4. The van der Waals surface area contributed by atoms with Gasteiger partial charge in [-0.3, -0.25) is 4.79 Å². The van der Waals surface area contributed by atoms with Gasteiger partial charge in [0.1, 0.15) is 11.6 Å². The van der Waals surface area contributed by atoms with Gasteiger partial charge in [-0.05, 0) is 18.6 Å². The number of alkyl halides is 3. The third kappa shape index (κ3) is 3.10. The first-order chi connectivity index (χ1) is 11.4. The number of nitrogens with one attached hydrogen (secondary N) is 2. The van der Waals surface area contributed by atoms with E-state index in [-0.39, 0.29) is 17.9 Å². The van der Waals surface area contributed by atoms with Crippen LogP contribution in [0.25, 0.3) is 0 Å². The van der Waals surface area contributed by atoms with E-state index >= 15 is 0 Å². The van der Waals surface area contributed by atoms with Crippen LogP contribution in [0, 0.1) is 0 Å². The van der Waals surface area contributed by atoms with Gasteiger partial charge in [0.25, 0.3) is 5.91 Å². The topological polar surface area (TPSA) is 72.1 Å². The van der Waals surface area contributed by atoms with Crippen LogP contribution in [-0.4, -0.2) is 28.4 Å². The van der Waals surface area contributed by atoms with Crippen molar-refractivity contribution in [3.63, 3.8) is 0 Å². The summed E-state index contributed by atoms with van der Waals surface area (Å²) in [5.74, 6) is 0.0660. The van der Waals surface area contributed by atoms with Gasteiger partial charge in [-0.1, -0.05) is 6.92 Å². The first kappa shape index (κ1) is 16.4. The molecule has 24 heavy (non-hydrogen) atoms. The second-order valence-corrected chi connectivity index (χ2v) is 5.62. The normalized spacial score (nSPS) is 20.3. The summed E-state index contributed by atoms with van der Waals surface area (Å²) in [7, 11) is 0. The van der Waals surface area contributed by atoms with E-state index in [4.69, 9.17) is 4.42 Å². The monoisotopic (exact) mass is 342 g/mol. The fourth-order valence-corrected chi connectivity index (χ4v) is 2.69. The Kier molecular flexibility index (Phi) is 4.25. The number of aromatic nitrogens is 2. The second kappa shape index (κ2) is 6.21. The number of fused-ring (bicyclic) bond motifs is 1. The van der Waals surface area contributed by atoms with Crippen LogP contribution in [0.5, 0.6) is 0 Å². The summed E-state index contributed by atoms with van der Waals surface area (Å²) < 4.78 is 46.3. The van der Waals surface area contributed by atoms with Crippen LogP contribution in [0.4, 0.5) is 19.0 Å². The molecule has 0 spiro atoms. The minimum atomic E-state index is -4.48. The van der Waals surface area contributed by atoms with E-state index < -0.39 is 24.2 Å². The molecule has 1 aliphatic rings. The van der Waals surface area contributed by atoms with Crippen molar-refractivity contribution in [2.24, 2.45) is 0 Å². The molecule has 2 atom stereocenters. The lowest BCUT2D eigenvalue weighted by Crippen LogP contribution is -2.35. The number of nitrogens with zero attached hydrogens (tertiary/aromatic N) is 2. The SMILES string of the molecule is CCCNC(=O)c1cc2n(n1)[C@@H](C(F)(F)F)C[C@@H](c1ccco1)N2. The van der Waals surface area contributed by atoms with Crippen molar-refractivity contribution in [1.29, 1.82) is 0 Å². The first-order valence-electron chi connectivity index (χ1n) is 7.64. The van der Waals surface area contributed by atoms with Crippen molar-refractivity contribution < 1.29 is 22.4 Å². The summed E-state index contributed by atoms with van der Waals surface area (Å²) >= 11 is 0. The summed E-state index contributed by atoms with van der Waals surface area (Å²) in [6, 6.07) is 2.11. The Labute approximate surface area is 136 Å². The zero-order valence-electron chi connectivity index (χ0n) is 12.9. The molecule has 2 aromatic heterocycles. The molecule has 0 fully saturated rings. The highest BCUT2D eigenvalue weighted by Crippen LogP contribution is 2.43. The average molecular weight is 342 g/mol. The minimum absolute atomic E-state index is 0.0414. The first-order valence-corrected chi connectivity index (χ1v) is 7.64. The molecule has 3 heterocycles. The van der Waals surface area contributed by atoms with Crippen molar-refractivity contribution in [2.75, 3.05) is 11.9 Å². The molecule has 0 radical (unpaired) electrons. The molecule has 0 aliphatic carbocycles. The minimum Gasteiger partial charge on any atom is -0.467 e. The quantitative estimate of drug-likeness (QED) is 0.894. The van der Waals surface area contributed by atoms with E-state index in [1.165, 1.54) is 12.3 Å². The third-order valence-corrected chi connectivity index (χ3v) is 3.84. The number of carbonyl (C=O) groups excluding carboxylic acids is 1. The van der Waals surface area contributed by atoms with Crippen molar-refractivity contribution in [2.45, 2.75) is 38.0 Å². The summed E-state index contributed by atoms with van der Waals surface area (Å²) in [5.41, 5.74) is -0.0414. The predicted molar refractivity (Wildman–Crippen MR) is 79.6 cm³/mol. The molecule has 0 aromatic carbocycles.